The minimum Gasteiger partial charge on any atom is -0.316 e. The lowest BCUT2D eigenvalue weighted by molar-refractivity contribution is 0.166. The van der Waals surface area contributed by atoms with Gasteiger partial charge in [0.2, 0.25) is 0 Å². The molecule has 0 saturated carbocycles. The van der Waals surface area contributed by atoms with Gasteiger partial charge in [0.1, 0.15) is 0 Å². The Bertz CT molecular complexity index is 173. The predicted octanol–water partition coefficient (Wildman–Crippen LogP) is 2.30. The highest BCUT2D eigenvalue weighted by atomic mass is 19.1. The van der Waals surface area contributed by atoms with Gasteiger partial charge in [-0.15, -0.1) is 0 Å². The maximum Gasteiger partial charge on any atom is 0.0906 e. The van der Waals surface area contributed by atoms with E-state index in [9.17, 15) is 4.39 Å². The molecule has 1 aliphatic rings. The van der Waals surface area contributed by atoms with E-state index >= 15 is 0 Å². The first kappa shape index (κ1) is 13.9. The molecule has 1 fully saturated rings. The molecule has 1 atom stereocenters. The van der Waals surface area contributed by atoms with Crippen LogP contribution in [0.2, 0.25) is 0 Å². The Labute approximate surface area is 99.6 Å². The molecule has 0 bridgehead atoms. The van der Waals surface area contributed by atoms with Gasteiger partial charge in [0.05, 0.1) is 6.67 Å². The van der Waals surface area contributed by atoms with Crippen LogP contribution in [0.3, 0.4) is 0 Å². The normalized spacial score (nSPS) is 22.9. The number of rotatable bonds is 7. The van der Waals surface area contributed by atoms with Gasteiger partial charge in [-0.05, 0) is 50.7 Å². The molecule has 1 heterocycles. The van der Waals surface area contributed by atoms with Crippen LogP contribution >= 0.6 is 0 Å². The molecule has 1 saturated heterocycles. The third-order valence-electron chi connectivity index (χ3n) is 3.20. The lowest BCUT2D eigenvalue weighted by atomic mass is 9.97. The molecule has 1 aliphatic heterocycles. The average Bonchev–Trinajstić information content (AvgIpc) is 2.26. The van der Waals surface area contributed by atoms with Crippen LogP contribution in [0.15, 0.2) is 0 Å². The zero-order valence-electron chi connectivity index (χ0n) is 10.8. The third kappa shape index (κ3) is 5.80. The summed E-state index contributed by atoms with van der Waals surface area (Å²) in [5.74, 6) is 1.50. The number of nitrogens with one attached hydrogen (secondary N) is 1. The van der Waals surface area contributed by atoms with Crippen molar-refractivity contribution in [3.05, 3.63) is 0 Å². The summed E-state index contributed by atoms with van der Waals surface area (Å²) in [6.45, 7) is 9.81. The maximum atomic E-state index is 12.1. The van der Waals surface area contributed by atoms with Gasteiger partial charge in [-0.3, -0.25) is 4.39 Å². The number of alkyl halides is 1. The van der Waals surface area contributed by atoms with Gasteiger partial charge in [-0.25, -0.2) is 0 Å². The van der Waals surface area contributed by atoms with Crippen LogP contribution in [0.5, 0.6) is 0 Å². The van der Waals surface area contributed by atoms with Crippen LogP contribution in [0.25, 0.3) is 0 Å². The predicted molar refractivity (Wildman–Crippen MR) is 67.5 cm³/mol. The second kappa shape index (κ2) is 8.02. The molecule has 0 aromatic heterocycles. The van der Waals surface area contributed by atoms with Gasteiger partial charge >= 0.3 is 0 Å². The van der Waals surface area contributed by atoms with Crippen molar-refractivity contribution in [2.24, 2.45) is 11.8 Å². The lowest BCUT2D eigenvalue weighted by Gasteiger charge is -2.32. The number of likely N-dealkylation sites (tertiary alicyclic amines) is 1. The molecule has 0 aromatic carbocycles. The van der Waals surface area contributed by atoms with E-state index in [-0.39, 0.29) is 6.67 Å². The SMILES string of the molecule is CC(C)CNCC1CCCN(CCCF)C1. The number of hydrogen-bond donors (Lipinski definition) is 1. The highest BCUT2D eigenvalue weighted by Crippen LogP contribution is 2.15. The molecule has 96 valence electrons. The van der Waals surface area contributed by atoms with Crippen molar-refractivity contribution in [1.82, 2.24) is 10.2 Å². The van der Waals surface area contributed by atoms with Crippen molar-refractivity contribution in [3.63, 3.8) is 0 Å². The number of piperidine rings is 1. The summed E-state index contributed by atoms with van der Waals surface area (Å²) in [5, 5.41) is 3.53. The highest BCUT2D eigenvalue weighted by molar-refractivity contribution is 4.74. The monoisotopic (exact) mass is 230 g/mol. The van der Waals surface area contributed by atoms with E-state index in [1.54, 1.807) is 0 Å². The minimum absolute atomic E-state index is 0.174. The summed E-state index contributed by atoms with van der Waals surface area (Å²) in [6.07, 6.45) is 3.31. The van der Waals surface area contributed by atoms with Gasteiger partial charge in [0.25, 0.3) is 0 Å². The summed E-state index contributed by atoms with van der Waals surface area (Å²) in [4.78, 5) is 2.42. The fraction of sp³-hybridized carbons (Fsp3) is 1.00. The van der Waals surface area contributed by atoms with Gasteiger partial charge in [0, 0.05) is 13.1 Å². The molecule has 0 aromatic rings. The first-order valence-corrected chi connectivity index (χ1v) is 6.71. The second-order valence-corrected chi connectivity index (χ2v) is 5.40. The molecule has 0 radical (unpaired) electrons. The van der Waals surface area contributed by atoms with E-state index in [4.69, 9.17) is 0 Å². The second-order valence-electron chi connectivity index (χ2n) is 5.40. The maximum absolute atomic E-state index is 12.1. The molecule has 0 amide bonds. The molecule has 0 aliphatic carbocycles. The molecule has 0 spiro atoms. The Kier molecular flexibility index (Phi) is 6.97. The first-order valence-electron chi connectivity index (χ1n) is 6.71. The topological polar surface area (TPSA) is 15.3 Å². The minimum atomic E-state index is -0.174. The van der Waals surface area contributed by atoms with Gasteiger partial charge in [-0.1, -0.05) is 13.8 Å². The van der Waals surface area contributed by atoms with Crippen LogP contribution in [0, 0.1) is 11.8 Å². The summed E-state index contributed by atoms with van der Waals surface area (Å²) in [6, 6.07) is 0. The van der Waals surface area contributed by atoms with Gasteiger partial charge in [0.15, 0.2) is 0 Å². The Morgan fingerprint density at radius 3 is 2.94 bits per heavy atom. The number of halogens is 1. The van der Waals surface area contributed by atoms with Gasteiger partial charge < -0.3 is 10.2 Å². The van der Waals surface area contributed by atoms with Crippen molar-refractivity contribution in [2.75, 3.05) is 39.4 Å². The highest BCUT2D eigenvalue weighted by Gasteiger charge is 2.18. The van der Waals surface area contributed by atoms with Crippen molar-refractivity contribution in [1.29, 1.82) is 0 Å². The van der Waals surface area contributed by atoms with E-state index in [1.807, 2.05) is 0 Å². The molecule has 1 N–H and O–H groups in total. The fourth-order valence-corrected chi connectivity index (χ4v) is 2.38. The van der Waals surface area contributed by atoms with Crippen molar-refractivity contribution in [2.45, 2.75) is 33.1 Å². The molecule has 16 heavy (non-hydrogen) atoms. The molecular formula is C13H27FN2. The molecular weight excluding hydrogens is 203 g/mol. The summed E-state index contributed by atoms with van der Waals surface area (Å²) < 4.78 is 12.1. The van der Waals surface area contributed by atoms with Gasteiger partial charge in [-0.2, -0.15) is 0 Å². The summed E-state index contributed by atoms with van der Waals surface area (Å²) in [5.41, 5.74) is 0. The first-order chi connectivity index (χ1) is 7.72. The largest absolute Gasteiger partial charge is 0.316 e. The summed E-state index contributed by atoms with van der Waals surface area (Å²) in [7, 11) is 0. The zero-order chi connectivity index (χ0) is 11.8. The number of hydrogen-bond acceptors (Lipinski definition) is 2. The van der Waals surface area contributed by atoms with Crippen LogP contribution in [0.1, 0.15) is 33.1 Å². The molecule has 3 heteroatoms. The Morgan fingerprint density at radius 2 is 2.25 bits per heavy atom. The average molecular weight is 230 g/mol. The Hall–Kier alpha value is -0.150. The van der Waals surface area contributed by atoms with Crippen LogP contribution in [-0.4, -0.2) is 44.3 Å². The zero-order valence-corrected chi connectivity index (χ0v) is 10.8. The van der Waals surface area contributed by atoms with Crippen molar-refractivity contribution < 1.29 is 4.39 Å². The van der Waals surface area contributed by atoms with E-state index < -0.39 is 0 Å². The van der Waals surface area contributed by atoms with Crippen molar-refractivity contribution >= 4 is 0 Å². The third-order valence-corrected chi connectivity index (χ3v) is 3.20. The smallest absolute Gasteiger partial charge is 0.0906 e. The van der Waals surface area contributed by atoms with E-state index in [0.29, 0.717) is 6.42 Å². The number of nitrogens with zero attached hydrogens (tertiary/aromatic N) is 1. The van der Waals surface area contributed by atoms with Crippen molar-refractivity contribution in [3.8, 4) is 0 Å². The standard InChI is InChI=1S/C13H27FN2/c1-12(2)9-15-10-13-5-3-7-16(11-13)8-4-6-14/h12-13,15H,3-11H2,1-2H3. The van der Waals surface area contributed by atoms with E-state index in [0.717, 1.165) is 38.0 Å². The molecule has 2 nitrogen and oxygen atoms in total. The van der Waals surface area contributed by atoms with Crippen LogP contribution in [-0.2, 0) is 0 Å². The quantitative estimate of drug-likeness (QED) is 0.722. The molecule has 1 unspecified atom stereocenters. The Balaban J connectivity index is 2.12. The van der Waals surface area contributed by atoms with E-state index in [2.05, 4.69) is 24.1 Å². The summed E-state index contributed by atoms with van der Waals surface area (Å²) >= 11 is 0. The Morgan fingerprint density at radius 1 is 1.44 bits per heavy atom. The van der Waals surface area contributed by atoms with E-state index in [1.165, 1.54) is 19.4 Å². The lowest BCUT2D eigenvalue weighted by Crippen LogP contribution is -2.40. The fourth-order valence-electron chi connectivity index (χ4n) is 2.38. The molecule has 1 rings (SSSR count). The van der Waals surface area contributed by atoms with Crippen LogP contribution < -0.4 is 5.32 Å². The van der Waals surface area contributed by atoms with Crippen LogP contribution in [0.4, 0.5) is 4.39 Å².